The van der Waals surface area contributed by atoms with Gasteiger partial charge in [0, 0.05) is 18.7 Å². The number of esters is 1. The van der Waals surface area contributed by atoms with Gasteiger partial charge < -0.3 is 10.1 Å². The Hall–Kier alpha value is -2.36. The predicted molar refractivity (Wildman–Crippen MR) is 74.3 cm³/mol. The van der Waals surface area contributed by atoms with Crippen LogP contribution in [0.4, 0.5) is 0 Å². The van der Waals surface area contributed by atoms with E-state index in [1.54, 1.807) is 6.92 Å². The van der Waals surface area contributed by atoms with Crippen LogP contribution in [0.1, 0.15) is 12.5 Å². The molecule has 100 valence electrons. The monoisotopic (exact) mass is 259 g/mol. The SMILES string of the molecule is CCOC(=O)/C=C\C(=O)NC/C=C/c1ccccc1. The molecular weight excluding hydrogens is 242 g/mol. The molecule has 1 aromatic carbocycles. The molecule has 0 bridgehead atoms. The molecule has 1 rings (SSSR count). The Bertz CT molecular complexity index is 464. The summed E-state index contributed by atoms with van der Waals surface area (Å²) < 4.78 is 4.66. The van der Waals surface area contributed by atoms with Gasteiger partial charge in [0.25, 0.3) is 0 Å². The lowest BCUT2D eigenvalue weighted by Gasteiger charge is -1.97. The van der Waals surface area contributed by atoms with Crippen molar-refractivity contribution in [1.29, 1.82) is 0 Å². The van der Waals surface area contributed by atoms with Crippen LogP contribution in [-0.4, -0.2) is 25.0 Å². The van der Waals surface area contributed by atoms with Crippen molar-refractivity contribution in [1.82, 2.24) is 5.32 Å². The van der Waals surface area contributed by atoms with E-state index in [0.717, 1.165) is 17.7 Å². The van der Waals surface area contributed by atoms with E-state index >= 15 is 0 Å². The molecule has 0 atom stereocenters. The molecule has 0 saturated heterocycles. The van der Waals surface area contributed by atoms with Gasteiger partial charge in [-0.05, 0) is 12.5 Å². The van der Waals surface area contributed by atoms with Gasteiger partial charge in [-0.15, -0.1) is 0 Å². The first-order valence-corrected chi connectivity index (χ1v) is 6.06. The quantitative estimate of drug-likeness (QED) is 0.627. The van der Waals surface area contributed by atoms with Crippen LogP contribution in [0.2, 0.25) is 0 Å². The maximum atomic E-state index is 11.3. The molecule has 1 amide bonds. The van der Waals surface area contributed by atoms with Gasteiger partial charge in [-0.25, -0.2) is 4.79 Å². The fraction of sp³-hybridized carbons (Fsp3) is 0.200. The number of carbonyl (C=O) groups excluding carboxylic acids is 2. The minimum Gasteiger partial charge on any atom is -0.463 e. The van der Waals surface area contributed by atoms with E-state index in [4.69, 9.17) is 0 Å². The molecule has 0 heterocycles. The molecule has 0 fully saturated rings. The molecule has 0 spiro atoms. The van der Waals surface area contributed by atoms with E-state index in [1.807, 2.05) is 42.5 Å². The Balaban J connectivity index is 2.27. The molecule has 19 heavy (non-hydrogen) atoms. The summed E-state index contributed by atoms with van der Waals surface area (Å²) >= 11 is 0. The number of ether oxygens (including phenoxy) is 1. The van der Waals surface area contributed by atoms with Crippen molar-refractivity contribution < 1.29 is 14.3 Å². The standard InChI is InChI=1S/C15H17NO3/c1-2-19-15(18)11-10-14(17)16-12-6-9-13-7-4-3-5-8-13/h3-11H,2,12H2,1H3,(H,16,17)/b9-6+,11-10-. The summed E-state index contributed by atoms with van der Waals surface area (Å²) in [5.74, 6) is -0.844. The highest BCUT2D eigenvalue weighted by molar-refractivity contribution is 5.94. The normalized spacial score (nSPS) is 10.8. The zero-order valence-corrected chi connectivity index (χ0v) is 10.8. The second-order valence-electron chi connectivity index (χ2n) is 3.64. The van der Waals surface area contributed by atoms with E-state index in [2.05, 4.69) is 10.1 Å². The maximum Gasteiger partial charge on any atom is 0.330 e. The van der Waals surface area contributed by atoms with Gasteiger partial charge in [0.2, 0.25) is 5.91 Å². The van der Waals surface area contributed by atoms with Crippen LogP contribution < -0.4 is 5.32 Å². The van der Waals surface area contributed by atoms with Crippen LogP contribution in [0, 0.1) is 0 Å². The van der Waals surface area contributed by atoms with Crippen LogP contribution in [-0.2, 0) is 14.3 Å². The Morgan fingerprint density at radius 3 is 2.63 bits per heavy atom. The summed E-state index contributed by atoms with van der Waals surface area (Å²) in [5, 5.41) is 2.63. The Morgan fingerprint density at radius 2 is 1.95 bits per heavy atom. The molecule has 0 aromatic heterocycles. The first-order valence-electron chi connectivity index (χ1n) is 6.06. The van der Waals surface area contributed by atoms with Crippen molar-refractivity contribution >= 4 is 18.0 Å². The highest BCUT2D eigenvalue weighted by atomic mass is 16.5. The smallest absolute Gasteiger partial charge is 0.330 e. The molecule has 0 unspecified atom stereocenters. The summed E-state index contributed by atoms with van der Waals surface area (Å²) in [6.45, 7) is 2.41. The second-order valence-corrected chi connectivity index (χ2v) is 3.64. The zero-order valence-electron chi connectivity index (χ0n) is 10.8. The number of rotatable bonds is 6. The molecular formula is C15H17NO3. The highest BCUT2D eigenvalue weighted by Gasteiger charge is 1.96. The van der Waals surface area contributed by atoms with Crippen LogP contribution >= 0.6 is 0 Å². The van der Waals surface area contributed by atoms with E-state index in [0.29, 0.717) is 13.2 Å². The lowest BCUT2D eigenvalue weighted by molar-refractivity contribution is -0.137. The summed E-state index contributed by atoms with van der Waals surface area (Å²) in [7, 11) is 0. The largest absolute Gasteiger partial charge is 0.463 e. The van der Waals surface area contributed by atoms with Gasteiger partial charge in [0.1, 0.15) is 0 Å². The molecule has 0 aliphatic rings. The van der Waals surface area contributed by atoms with Gasteiger partial charge in [-0.1, -0.05) is 42.5 Å². The fourth-order valence-corrected chi connectivity index (χ4v) is 1.31. The van der Waals surface area contributed by atoms with Crippen LogP contribution in [0.5, 0.6) is 0 Å². The molecule has 1 N–H and O–H groups in total. The average Bonchev–Trinajstić information content (AvgIpc) is 2.43. The molecule has 0 saturated carbocycles. The topological polar surface area (TPSA) is 55.4 Å². The minimum absolute atomic E-state index is 0.296. The Morgan fingerprint density at radius 1 is 1.21 bits per heavy atom. The average molecular weight is 259 g/mol. The first-order chi connectivity index (χ1) is 9.22. The van der Waals surface area contributed by atoms with Crippen LogP contribution in [0.15, 0.2) is 48.6 Å². The van der Waals surface area contributed by atoms with Crippen molar-refractivity contribution in [3.63, 3.8) is 0 Å². The van der Waals surface area contributed by atoms with Crippen molar-refractivity contribution in [2.45, 2.75) is 6.92 Å². The van der Waals surface area contributed by atoms with E-state index in [-0.39, 0.29) is 5.91 Å². The molecule has 4 heteroatoms. The van der Waals surface area contributed by atoms with Gasteiger partial charge in [-0.3, -0.25) is 4.79 Å². The predicted octanol–water partition coefficient (Wildman–Crippen LogP) is 1.94. The third kappa shape index (κ3) is 6.83. The summed E-state index contributed by atoms with van der Waals surface area (Å²) in [6, 6.07) is 9.78. The first kappa shape index (κ1) is 14.7. The zero-order chi connectivity index (χ0) is 13.9. The van der Waals surface area contributed by atoms with Gasteiger partial charge >= 0.3 is 5.97 Å². The van der Waals surface area contributed by atoms with Gasteiger partial charge in [0.15, 0.2) is 0 Å². The van der Waals surface area contributed by atoms with E-state index < -0.39 is 5.97 Å². The van der Waals surface area contributed by atoms with Crippen molar-refractivity contribution in [3.8, 4) is 0 Å². The molecule has 0 aliphatic heterocycles. The molecule has 1 aromatic rings. The third-order valence-corrected chi connectivity index (χ3v) is 2.16. The molecule has 0 aliphatic carbocycles. The number of nitrogens with one attached hydrogen (secondary N) is 1. The number of amides is 1. The molecule has 4 nitrogen and oxygen atoms in total. The summed E-state index contributed by atoms with van der Waals surface area (Å²) in [5.41, 5.74) is 1.07. The number of carbonyl (C=O) groups is 2. The number of benzene rings is 1. The number of hydrogen-bond donors (Lipinski definition) is 1. The third-order valence-electron chi connectivity index (χ3n) is 2.16. The second kappa shape index (κ2) is 8.69. The molecule has 0 radical (unpaired) electrons. The van der Waals surface area contributed by atoms with E-state index in [9.17, 15) is 9.59 Å². The van der Waals surface area contributed by atoms with Crippen molar-refractivity contribution in [2.24, 2.45) is 0 Å². The fourth-order valence-electron chi connectivity index (χ4n) is 1.31. The van der Waals surface area contributed by atoms with Crippen LogP contribution in [0.3, 0.4) is 0 Å². The highest BCUT2D eigenvalue weighted by Crippen LogP contribution is 1.99. The lowest BCUT2D eigenvalue weighted by atomic mass is 10.2. The van der Waals surface area contributed by atoms with Crippen LogP contribution in [0.25, 0.3) is 6.08 Å². The van der Waals surface area contributed by atoms with Gasteiger partial charge in [-0.2, -0.15) is 0 Å². The van der Waals surface area contributed by atoms with Crippen molar-refractivity contribution in [3.05, 3.63) is 54.1 Å². The van der Waals surface area contributed by atoms with Gasteiger partial charge in [0.05, 0.1) is 6.61 Å². The maximum absolute atomic E-state index is 11.3. The lowest BCUT2D eigenvalue weighted by Crippen LogP contribution is -2.21. The van der Waals surface area contributed by atoms with E-state index in [1.165, 1.54) is 0 Å². The van der Waals surface area contributed by atoms with Crippen molar-refractivity contribution in [2.75, 3.05) is 13.2 Å². The number of hydrogen-bond acceptors (Lipinski definition) is 3. The summed E-state index contributed by atoms with van der Waals surface area (Å²) in [6.07, 6.45) is 6.02. The summed E-state index contributed by atoms with van der Waals surface area (Å²) in [4.78, 5) is 22.3. The minimum atomic E-state index is -0.516. The Labute approximate surface area is 112 Å². The Kier molecular flexibility index (Phi) is 6.72.